The second-order valence-electron chi connectivity index (χ2n) is 8.04. The number of phenols is 1. The number of carboxylic acids is 1. The van der Waals surface area contributed by atoms with Gasteiger partial charge in [0.2, 0.25) is 0 Å². The monoisotopic (exact) mass is 429 g/mol. The summed E-state index contributed by atoms with van der Waals surface area (Å²) in [5, 5.41) is 41.6. The lowest BCUT2D eigenvalue weighted by Gasteiger charge is -2.27. The number of aryl methyl sites for hydroxylation is 1. The lowest BCUT2D eigenvalue weighted by atomic mass is 9.88. The average Bonchev–Trinajstić information content (AvgIpc) is 2.77. The molecule has 2 aromatic rings. The molecule has 0 saturated heterocycles. The van der Waals surface area contributed by atoms with Crippen molar-refractivity contribution in [1.82, 2.24) is 5.32 Å². The minimum atomic E-state index is -0.781. The molecule has 0 unspecified atom stereocenters. The zero-order valence-corrected chi connectivity index (χ0v) is 17.6. The number of unbranched alkanes of at least 4 members (excludes halogenated alkanes) is 1. The highest BCUT2D eigenvalue weighted by atomic mass is 16.5. The quantitative estimate of drug-likeness (QED) is 0.349. The highest BCUT2D eigenvalue weighted by molar-refractivity contribution is 5.66. The summed E-state index contributed by atoms with van der Waals surface area (Å²) in [7, 11) is 0. The van der Waals surface area contributed by atoms with Crippen LogP contribution in [0.4, 0.5) is 0 Å². The van der Waals surface area contributed by atoms with Crippen LogP contribution in [0.25, 0.3) is 0 Å². The maximum absolute atomic E-state index is 10.6. The molecule has 0 saturated carbocycles. The Morgan fingerprint density at radius 2 is 2.00 bits per heavy atom. The zero-order chi connectivity index (χ0) is 22.2. The molecule has 2 aromatic carbocycles. The van der Waals surface area contributed by atoms with Gasteiger partial charge in [-0.3, -0.25) is 4.79 Å². The molecule has 0 amide bonds. The number of ether oxygens (including phenoxy) is 1. The van der Waals surface area contributed by atoms with E-state index >= 15 is 0 Å². The maximum atomic E-state index is 10.6. The SMILES string of the molecule is O=C(O)CCCCOc1ccc2c(c1)C[C@@H](NC[C@@H](O)c1ccc(O)c(CO)c1)CC2. The van der Waals surface area contributed by atoms with Gasteiger partial charge in [0.15, 0.2) is 0 Å². The number of aliphatic carboxylic acids is 1. The lowest BCUT2D eigenvalue weighted by molar-refractivity contribution is -0.137. The molecule has 0 aromatic heterocycles. The van der Waals surface area contributed by atoms with Crippen LogP contribution >= 0.6 is 0 Å². The first-order valence-corrected chi connectivity index (χ1v) is 10.8. The van der Waals surface area contributed by atoms with Crippen molar-refractivity contribution < 1.29 is 30.0 Å². The number of carboxylic acid groups (broad SMARTS) is 1. The summed E-state index contributed by atoms with van der Waals surface area (Å²) in [6.07, 6.45) is 3.53. The average molecular weight is 430 g/mol. The van der Waals surface area contributed by atoms with E-state index in [1.165, 1.54) is 17.2 Å². The van der Waals surface area contributed by atoms with Crippen LogP contribution in [0, 0.1) is 0 Å². The highest BCUT2D eigenvalue weighted by Crippen LogP contribution is 2.27. The van der Waals surface area contributed by atoms with Crippen molar-refractivity contribution in [2.75, 3.05) is 13.2 Å². The van der Waals surface area contributed by atoms with Gasteiger partial charge in [0.05, 0.1) is 19.3 Å². The molecule has 1 aliphatic carbocycles. The van der Waals surface area contributed by atoms with Gasteiger partial charge in [-0.15, -0.1) is 0 Å². The molecule has 1 aliphatic rings. The third kappa shape index (κ3) is 6.69. The van der Waals surface area contributed by atoms with Crippen molar-refractivity contribution in [3.8, 4) is 11.5 Å². The van der Waals surface area contributed by atoms with E-state index in [1.54, 1.807) is 12.1 Å². The summed E-state index contributed by atoms with van der Waals surface area (Å²) in [6, 6.07) is 11.1. The molecule has 31 heavy (non-hydrogen) atoms. The van der Waals surface area contributed by atoms with E-state index in [9.17, 15) is 20.1 Å². The van der Waals surface area contributed by atoms with Crippen molar-refractivity contribution in [2.24, 2.45) is 0 Å². The zero-order valence-electron chi connectivity index (χ0n) is 17.6. The van der Waals surface area contributed by atoms with E-state index in [0.29, 0.717) is 37.1 Å². The Morgan fingerprint density at radius 3 is 2.77 bits per heavy atom. The van der Waals surface area contributed by atoms with Gasteiger partial charge in [-0.2, -0.15) is 0 Å². The first-order chi connectivity index (χ1) is 15.0. The largest absolute Gasteiger partial charge is 0.508 e. The summed E-state index contributed by atoms with van der Waals surface area (Å²) in [4.78, 5) is 10.6. The Labute approximate surface area is 182 Å². The minimum absolute atomic E-state index is 0.0233. The fraction of sp³-hybridized carbons (Fsp3) is 0.458. The minimum Gasteiger partial charge on any atom is -0.508 e. The third-order valence-corrected chi connectivity index (χ3v) is 5.72. The van der Waals surface area contributed by atoms with E-state index in [2.05, 4.69) is 17.4 Å². The summed E-state index contributed by atoms with van der Waals surface area (Å²) in [6.45, 7) is 0.612. The number of aliphatic hydroxyl groups excluding tert-OH is 2. The van der Waals surface area contributed by atoms with Gasteiger partial charge in [0.1, 0.15) is 11.5 Å². The Hall–Kier alpha value is -2.61. The number of nitrogens with one attached hydrogen (secondary N) is 1. The fourth-order valence-corrected chi connectivity index (χ4v) is 3.90. The van der Waals surface area contributed by atoms with Gasteiger partial charge in [-0.1, -0.05) is 12.1 Å². The predicted octanol–water partition coefficient (Wildman–Crippen LogP) is 2.70. The number of aliphatic hydroxyl groups is 2. The molecule has 168 valence electrons. The Bertz CT molecular complexity index is 884. The van der Waals surface area contributed by atoms with Crippen LogP contribution in [0.15, 0.2) is 36.4 Å². The molecule has 0 spiro atoms. The lowest BCUT2D eigenvalue weighted by Crippen LogP contribution is -2.37. The molecule has 5 N–H and O–H groups in total. The molecular formula is C24H31NO6. The second-order valence-corrected chi connectivity index (χ2v) is 8.04. The van der Waals surface area contributed by atoms with E-state index in [0.717, 1.165) is 25.0 Å². The summed E-state index contributed by atoms with van der Waals surface area (Å²) in [5.41, 5.74) is 3.60. The van der Waals surface area contributed by atoms with E-state index in [-0.39, 0.29) is 24.8 Å². The molecule has 2 atom stereocenters. The van der Waals surface area contributed by atoms with Crippen LogP contribution in [0.2, 0.25) is 0 Å². The molecule has 0 radical (unpaired) electrons. The van der Waals surface area contributed by atoms with Crippen molar-refractivity contribution in [3.05, 3.63) is 58.7 Å². The summed E-state index contributed by atoms with van der Waals surface area (Å²) < 4.78 is 5.78. The van der Waals surface area contributed by atoms with Crippen LogP contribution in [-0.4, -0.2) is 45.6 Å². The summed E-state index contributed by atoms with van der Waals surface area (Å²) in [5.74, 6) is 0.0438. The molecular weight excluding hydrogens is 398 g/mol. The number of hydrogen-bond donors (Lipinski definition) is 5. The number of benzene rings is 2. The first kappa shape index (κ1) is 23.1. The molecule has 0 bridgehead atoms. The molecule has 3 rings (SSSR count). The second kappa shape index (κ2) is 11.1. The van der Waals surface area contributed by atoms with Crippen molar-refractivity contribution >= 4 is 5.97 Å². The number of aromatic hydroxyl groups is 1. The maximum Gasteiger partial charge on any atom is 0.303 e. The van der Waals surface area contributed by atoms with Gasteiger partial charge in [-0.05, 0) is 73.1 Å². The van der Waals surface area contributed by atoms with Gasteiger partial charge in [-0.25, -0.2) is 0 Å². The first-order valence-electron chi connectivity index (χ1n) is 10.8. The van der Waals surface area contributed by atoms with Crippen molar-refractivity contribution in [3.63, 3.8) is 0 Å². The summed E-state index contributed by atoms with van der Waals surface area (Å²) >= 11 is 0. The third-order valence-electron chi connectivity index (χ3n) is 5.72. The predicted molar refractivity (Wildman–Crippen MR) is 116 cm³/mol. The molecule has 0 heterocycles. The van der Waals surface area contributed by atoms with Crippen LogP contribution in [0.5, 0.6) is 11.5 Å². The van der Waals surface area contributed by atoms with E-state index in [4.69, 9.17) is 9.84 Å². The van der Waals surface area contributed by atoms with Crippen LogP contribution in [0.1, 0.15) is 54.0 Å². The molecule has 0 fully saturated rings. The topological polar surface area (TPSA) is 119 Å². The van der Waals surface area contributed by atoms with Crippen LogP contribution < -0.4 is 10.1 Å². The van der Waals surface area contributed by atoms with Gasteiger partial charge in [0, 0.05) is 24.6 Å². The van der Waals surface area contributed by atoms with Gasteiger partial charge >= 0.3 is 5.97 Å². The normalized spacial score (nSPS) is 16.5. The Kier molecular flexibility index (Phi) is 8.28. The van der Waals surface area contributed by atoms with E-state index < -0.39 is 12.1 Å². The molecule has 7 heteroatoms. The highest BCUT2D eigenvalue weighted by Gasteiger charge is 2.20. The molecule has 7 nitrogen and oxygen atoms in total. The van der Waals surface area contributed by atoms with Crippen LogP contribution in [0.3, 0.4) is 0 Å². The number of hydrogen-bond acceptors (Lipinski definition) is 6. The van der Waals surface area contributed by atoms with Gasteiger partial charge < -0.3 is 30.5 Å². The number of fused-ring (bicyclic) bond motifs is 1. The fourth-order valence-electron chi connectivity index (χ4n) is 3.90. The number of carbonyl (C=O) groups is 1. The number of rotatable bonds is 11. The smallest absolute Gasteiger partial charge is 0.303 e. The van der Waals surface area contributed by atoms with Crippen molar-refractivity contribution in [2.45, 2.75) is 57.3 Å². The Morgan fingerprint density at radius 1 is 1.16 bits per heavy atom. The standard InChI is InChI=1S/C24H31NO6/c26-15-19-11-17(6-9-22(19)27)23(28)14-25-20-7-4-16-5-8-21(13-18(16)12-20)31-10-2-1-3-24(29)30/h5-6,8-9,11,13,20,23,25-28H,1-4,7,10,12,14-15H2,(H,29,30)/t20-,23+/m0/s1. The Balaban J connectivity index is 1.50. The molecule has 0 aliphatic heterocycles. The van der Waals surface area contributed by atoms with Gasteiger partial charge in [0.25, 0.3) is 0 Å². The van der Waals surface area contributed by atoms with Crippen LogP contribution in [-0.2, 0) is 24.2 Å². The van der Waals surface area contributed by atoms with Crippen molar-refractivity contribution in [1.29, 1.82) is 0 Å². The van der Waals surface area contributed by atoms with E-state index in [1.807, 2.05) is 6.07 Å².